The molecule has 0 fully saturated rings. The summed E-state index contributed by atoms with van der Waals surface area (Å²) >= 11 is 0. The Morgan fingerprint density at radius 2 is 1.43 bits per heavy atom. The predicted molar refractivity (Wildman–Crippen MR) is 108 cm³/mol. The van der Waals surface area contributed by atoms with Gasteiger partial charge in [0.15, 0.2) is 11.5 Å². The van der Waals surface area contributed by atoms with Gasteiger partial charge in [0.25, 0.3) is 5.91 Å². The first-order chi connectivity index (χ1) is 13.2. The van der Waals surface area contributed by atoms with Crippen molar-refractivity contribution in [1.82, 2.24) is 0 Å². The van der Waals surface area contributed by atoms with Crippen molar-refractivity contribution in [3.05, 3.63) is 42.0 Å². The molecule has 9 heteroatoms. The van der Waals surface area contributed by atoms with Crippen molar-refractivity contribution in [2.75, 3.05) is 31.4 Å². The summed E-state index contributed by atoms with van der Waals surface area (Å²) in [6, 6.07) is 9.36. The van der Waals surface area contributed by atoms with Gasteiger partial charge in [0.05, 0.1) is 26.6 Å². The van der Waals surface area contributed by atoms with Gasteiger partial charge in [-0.2, -0.15) is 0 Å². The lowest BCUT2D eigenvalue weighted by molar-refractivity contribution is 0.102. The smallest absolute Gasteiger partial charge is 0.255 e. The zero-order valence-corrected chi connectivity index (χ0v) is 17.2. The Morgan fingerprint density at radius 1 is 0.893 bits per heavy atom. The van der Waals surface area contributed by atoms with Gasteiger partial charge in [-0.1, -0.05) is 0 Å². The van der Waals surface area contributed by atoms with Crippen molar-refractivity contribution < 1.29 is 27.4 Å². The number of rotatable bonds is 8. The lowest BCUT2D eigenvalue weighted by Gasteiger charge is -2.15. The van der Waals surface area contributed by atoms with E-state index in [0.717, 1.165) is 0 Å². The second-order valence-corrected chi connectivity index (χ2v) is 8.38. The summed E-state index contributed by atoms with van der Waals surface area (Å²) in [5.74, 6) is 0.878. The molecule has 28 heavy (non-hydrogen) atoms. The number of ether oxygens (including phenoxy) is 3. The summed E-state index contributed by atoms with van der Waals surface area (Å²) in [7, 11) is 1.02. The number of anilines is 2. The quantitative estimate of drug-likeness (QED) is 0.696. The van der Waals surface area contributed by atoms with Gasteiger partial charge >= 0.3 is 0 Å². The Kier molecular flexibility index (Phi) is 6.74. The SMILES string of the molecule is COc1cc(NC(=O)c2ccc(NS(=O)(=O)C(C)C)cc2)cc(OC)c1OC. The first kappa shape index (κ1) is 21.4. The number of benzene rings is 2. The van der Waals surface area contributed by atoms with Crippen molar-refractivity contribution in [3.8, 4) is 17.2 Å². The molecule has 0 spiro atoms. The summed E-state index contributed by atoms with van der Waals surface area (Å²) in [4.78, 5) is 12.5. The molecule has 2 rings (SSSR count). The third kappa shape index (κ3) is 4.86. The van der Waals surface area contributed by atoms with Crippen LogP contribution in [0.25, 0.3) is 0 Å². The van der Waals surface area contributed by atoms with Gasteiger partial charge in [-0.05, 0) is 38.1 Å². The van der Waals surface area contributed by atoms with Gasteiger partial charge in [-0.3, -0.25) is 9.52 Å². The van der Waals surface area contributed by atoms with Crippen LogP contribution in [0, 0.1) is 0 Å². The van der Waals surface area contributed by atoms with E-state index in [1.807, 2.05) is 0 Å². The minimum Gasteiger partial charge on any atom is -0.493 e. The molecule has 0 heterocycles. The van der Waals surface area contributed by atoms with Gasteiger partial charge in [0.1, 0.15) is 0 Å². The first-order valence-electron chi connectivity index (χ1n) is 8.45. The number of carbonyl (C=O) groups is 1. The molecular weight excluding hydrogens is 384 g/mol. The minimum absolute atomic E-state index is 0.362. The molecular formula is C19H24N2O6S. The van der Waals surface area contributed by atoms with E-state index >= 15 is 0 Å². The molecule has 0 aliphatic carbocycles. The summed E-state index contributed by atoms with van der Waals surface area (Å²) in [5.41, 5.74) is 1.21. The van der Waals surface area contributed by atoms with E-state index in [1.165, 1.54) is 45.6 Å². The molecule has 8 nitrogen and oxygen atoms in total. The van der Waals surface area contributed by atoms with Crippen LogP contribution in [-0.2, 0) is 10.0 Å². The molecule has 2 aromatic rings. The summed E-state index contributed by atoms with van der Waals surface area (Å²) in [6.45, 7) is 3.17. The number of hydrogen-bond acceptors (Lipinski definition) is 6. The normalized spacial score (nSPS) is 11.1. The zero-order chi connectivity index (χ0) is 20.9. The van der Waals surface area contributed by atoms with E-state index in [2.05, 4.69) is 10.0 Å². The van der Waals surface area contributed by atoms with Crippen molar-refractivity contribution in [1.29, 1.82) is 0 Å². The number of sulfonamides is 1. The van der Waals surface area contributed by atoms with Crippen LogP contribution in [0.4, 0.5) is 11.4 Å². The molecule has 0 unspecified atom stereocenters. The van der Waals surface area contributed by atoms with Crippen LogP contribution in [-0.4, -0.2) is 40.9 Å². The number of nitrogens with one attached hydrogen (secondary N) is 2. The van der Waals surface area contributed by atoms with Gasteiger partial charge < -0.3 is 19.5 Å². The maximum absolute atomic E-state index is 12.5. The molecule has 152 valence electrons. The van der Waals surface area contributed by atoms with Crippen LogP contribution in [0.15, 0.2) is 36.4 Å². The van der Waals surface area contributed by atoms with Gasteiger partial charge in [-0.25, -0.2) is 8.42 Å². The summed E-state index contributed by atoms with van der Waals surface area (Å²) in [6.07, 6.45) is 0. The molecule has 0 atom stereocenters. The van der Waals surface area contributed by atoms with E-state index in [-0.39, 0.29) is 5.91 Å². The topological polar surface area (TPSA) is 103 Å². The van der Waals surface area contributed by atoms with Crippen molar-refractivity contribution in [2.24, 2.45) is 0 Å². The molecule has 0 saturated carbocycles. The Bertz CT molecular complexity index is 914. The molecule has 0 saturated heterocycles. The van der Waals surface area contributed by atoms with E-state index in [0.29, 0.717) is 34.2 Å². The van der Waals surface area contributed by atoms with E-state index in [9.17, 15) is 13.2 Å². The molecule has 2 N–H and O–H groups in total. The Hall–Kier alpha value is -2.94. The van der Waals surface area contributed by atoms with Gasteiger partial charge in [0, 0.05) is 29.1 Å². The summed E-state index contributed by atoms with van der Waals surface area (Å²) in [5, 5.41) is 2.19. The van der Waals surface area contributed by atoms with Crippen LogP contribution >= 0.6 is 0 Å². The number of carbonyl (C=O) groups excluding carboxylic acids is 1. The highest BCUT2D eigenvalue weighted by atomic mass is 32.2. The Balaban J connectivity index is 2.19. The van der Waals surface area contributed by atoms with Gasteiger partial charge in [0.2, 0.25) is 15.8 Å². The number of methoxy groups -OCH3 is 3. The average molecular weight is 408 g/mol. The molecule has 1 amide bonds. The third-order valence-corrected chi connectivity index (χ3v) is 5.71. The highest BCUT2D eigenvalue weighted by Gasteiger charge is 2.17. The fourth-order valence-corrected chi connectivity index (χ4v) is 3.03. The molecule has 0 aliphatic heterocycles. The van der Waals surface area contributed by atoms with Crippen LogP contribution < -0.4 is 24.2 Å². The van der Waals surface area contributed by atoms with Crippen LogP contribution in [0.5, 0.6) is 17.2 Å². The molecule has 0 bridgehead atoms. The molecule has 2 aromatic carbocycles. The minimum atomic E-state index is -3.45. The first-order valence-corrected chi connectivity index (χ1v) is 9.99. The lowest BCUT2D eigenvalue weighted by Crippen LogP contribution is -2.22. The molecule has 0 aromatic heterocycles. The fraction of sp³-hybridized carbons (Fsp3) is 0.316. The third-order valence-electron chi connectivity index (χ3n) is 3.95. The predicted octanol–water partition coefficient (Wildman–Crippen LogP) is 3.11. The van der Waals surface area contributed by atoms with Crippen LogP contribution in [0.1, 0.15) is 24.2 Å². The largest absolute Gasteiger partial charge is 0.493 e. The standard InChI is InChI=1S/C19H24N2O6S/c1-12(2)28(23,24)21-14-8-6-13(7-9-14)19(22)20-15-10-16(25-3)18(27-5)17(11-15)26-4/h6-12,21H,1-5H3,(H,20,22). The van der Waals surface area contributed by atoms with Crippen molar-refractivity contribution in [2.45, 2.75) is 19.1 Å². The summed E-state index contributed by atoms with van der Waals surface area (Å²) < 4.78 is 42.1. The van der Waals surface area contributed by atoms with E-state index < -0.39 is 15.3 Å². The Morgan fingerprint density at radius 3 is 1.86 bits per heavy atom. The monoisotopic (exact) mass is 408 g/mol. The van der Waals surface area contributed by atoms with Crippen LogP contribution in [0.3, 0.4) is 0 Å². The van der Waals surface area contributed by atoms with Gasteiger partial charge in [-0.15, -0.1) is 0 Å². The number of hydrogen-bond donors (Lipinski definition) is 2. The zero-order valence-electron chi connectivity index (χ0n) is 16.4. The van der Waals surface area contributed by atoms with E-state index in [1.54, 1.807) is 26.0 Å². The van der Waals surface area contributed by atoms with Crippen LogP contribution in [0.2, 0.25) is 0 Å². The Labute approximate surface area is 164 Å². The molecule has 0 aliphatic rings. The maximum Gasteiger partial charge on any atom is 0.255 e. The lowest BCUT2D eigenvalue weighted by atomic mass is 10.2. The second kappa shape index (κ2) is 8.83. The fourth-order valence-electron chi connectivity index (χ4n) is 2.33. The maximum atomic E-state index is 12.5. The van der Waals surface area contributed by atoms with Crippen molar-refractivity contribution >= 4 is 27.3 Å². The second-order valence-electron chi connectivity index (χ2n) is 6.14. The average Bonchev–Trinajstić information content (AvgIpc) is 2.67. The van der Waals surface area contributed by atoms with E-state index in [4.69, 9.17) is 14.2 Å². The van der Waals surface area contributed by atoms with Crippen molar-refractivity contribution in [3.63, 3.8) is 0 Å². The highest BCUT2D eigenvalue weighted by molar-refractivity contribution is 7.93. The highest BCUT2D eigenvalue weighted by Crippen LogP contribution is 2.40. The molecule has 0 radical (unpaired) electrons. The number of amides is 1.